The standard InChI is InChI=1S/C3H3N5/c1-3-2-5-7-8(3)6-4-1/h1-2,6H. The zero-order chi connectivity index (χ0) is 5.40. The summed E-state index contributed by atoms with van der Waals surface area (Å²) >= 11 is 0. The van der Waals surface area contributed by atoms with Gasteiger partial charge in [-0.05, 0) is 5.21 Å². The van der Waals surface area contributed by atoms with E-state index in [1.807, 2.05) is 0 Å². The number of nitrogens with one attached hydrogen (secondary N) is 1. The average molecular weight is 109 g/mol. The van der Waals surface area contributed by atoms with Gasteiger partial charge in [-0.15, -0.1) is 9.73 Å². The van der Waals surface area contributed by atoms with Crippen LogP contribution in [0.3, 0.4) is 0 Å². The highest BCUT2D eigenvalue weighted by molar-refractivity contribution is 5.37. The summed E-state index contributed by atoms with van der Waals surface area (Å²) in [7, 11) is 0. The van der Waals surface area contributed by atoms with E-state index in [1.165, 1.54) is 4.63 Å². The molecule has 0 bridgehead atoms. The fourth-order valence-electron chi connectivity index (χ4n) is 0.558. The lowest BCUT2D eigenvalue weighted by Crippen LogP contribution is -1.85. The molecule has 0 unspecified atom stereocenters. The lowest BCUT2D eigenvalue weighted by Gasteiger charge is -1.69. The van der Waals surface area contributed by atoms with Crippen LogP contribution >= 0.6 is 0 Å². The van der Waals surface area contributed by atoms with Crippen molar-refractivity contribution in [3.63, 3.8) is 0 Å². The van der Waals surface area contributed by atoms with E-state index in [0.717, 1.165) is 5.52 Å². The van der Waals surface area contributed by atoms with Gasteiger partial charge in [-0.25, -0.2) is 0 Å². The van der Waals surface area contributed by atoms with E-state index >= 15 is 0 Å². The Bertz CT molecular complexity index is 229. The van der Waals surface area contributed by atoms with Crippen LogP contribution in [0.4, 0.5) is 0 Å². The minimum Gasteiger partial charge on any atom is -0.196 e. The molecule has 5 heteroatoms. The van der Waals surface area contributed by atoms with Crippen LogP contribution in [-0.4, -0.2) is 25.3 Å². The minimum absolute atomic E-state index is 0.880. The second-order valence-electron chi connectivity index (χ2n) is 1.43. The normalized spacial score (nSPS) is 10.5. The highest BCUT2D eigenvalue weighted by atomic mass is 15.6. The predicted octanol–water partition coefficient (Wildman–Crippen LogP) is -0.548. The molecule has 2 rings (SSSR count). The Kier molecular flexibility index (Phi) is 0.476. The Hall–Kier alpha value is -1.39. The van der Waals surface area contributed by atoms with Crippen molar-refractivity contribution in [3.05, 3.63) is 12.4 Å². The topological polar surface area (TPSA) is 58.9 Å². The number of rotatable bonds is 0. The Labute approximate surface area is 44.3 Å². The number of hydrogen-bond acceptors (Lipinski definition) is 3. The van der Waals surface area contributed by atoms with Crippen molar-refractivity contribution in [2.24, 2.45) is 0 Å². The number of fused-ring (bicyclic) bond motifs is 1. The molecule has 5 nitrogen and oxygen atoms in total. The molecule has 0 saturated carbocycles. The van der Waals surface area contributed by atoms with Crippen molar-refractivity contribution < 1.29 is 0 Å². The molecule has 0 radical (unpaired) electrons. The molecule has 0 aromatic carbocycles. The summed E-state index contributed by atoms with van der Waals surface area (Å²) in [6, 6.07) is 0. The predicted molar refractivity (Wildman–Crippen MR) is 25.1 cm³/mol. The fourth-order valence-corrected chi connectivity index (χ4v) is 0.558. The summed E-state index contributed by atoms with van der Waals surface area (Å²) in [5, 5.41) is 13.5. The lowest BCUT2D eigenvalue weighted by molar-refractivity contribution is 0.711. The summed E-state index contributed by atoms with van der Waals surface area (Å²) in [5.41, 5.74) is 0.880. The van der Waals surface area contributed by atoms with Gasteiger partial charge in [0.15, 0.2) is 0 Å². The monoisotopic (exact) mass is 109 g/mol. The van der Waals surface area contributed by atoms with E-state index in [9.17, 15) is 0 Å². The zero-order valence-corrected chi connectivity index (χ0v) is 3.94. The molecule has 0 atom stereocenters. The molecular weight excluding hydrogens is 106 g/mol. The first kappa shape index (κ1) is 3.59. The molecule has 0 amide bonds. The Morgan fingerprint density at radius 3 is 3.38 bits per heavy atom. The minimum atomic E-state index is 0.880. The van der Waals surface area contributed by atoms with Gasteiger partial charge in [-0.1, -0.05) is 0 Å². The maximum atomic E-state index is 3.70. The Morgan fingerprint density at radius 1 is 1.50 bits per heavy atom. The summed E-state index contributed by atoms with van der Waals surface area (Å²) in [6.07, 6.45) is 3.28. The molecule has 2 heterocycles. The van der Waals surface area contributed by atoms with Crippen molar-refractivity contribution in [3.8, 4) is 0 Å². The summed E-state index contributed by atoms with van der Waals surface area (Å²) in [4.78, 5) is 0. The van der Waals surface area contributed by atoms with Crippen LogP contribution in [-0.2, 0) is 0 Å². The van der Waals surface area contributed by atoms with Gasteiger partial charge in [0.05, 0.1) is 12.4 Å². The second-order valence-corrected chi connectivity index (χ2v) is 1.43. The first-order chi connectivity index (χ1) is 3.97. The highest BCUT2D eigenvalue weighted by Crippen LogP contribution is 1.89. The first-order valence-corrected chi connectivity index (χ1v) is 2.16. The largest absolute Gasteiger partial charge is 0.196 e. The van der Waals surface area contributed by atoms with Crippen LogP contribution in [0.1, 0.15) is 0 Å². The molecule has 2 aromatic heterocycles. The molecule has 0 spiro atoms. The lowest BCUT2D eigenvalue weighted by atomic mass is 10.7. The SMILES string of the molecule is c1nnn2[nH]ncc12. The van der Waals surface area contributed by atoms with E-state index in [0.29, 0.717) is 0 Å². The van der Waals surface area contributed by atoms with Crippen LogP contribution in [0.15, 0.2) is 12.4 Å². The van der Waals surface area contributed by atoms with Gasteiger partial charge in [0, 0.05) is 0 Å². The van der Waals surface area contributed by atoms with Crippen molar-refractivity contribution in [2.45, 2.75) is 0 Å². The third kappa shape index (κ3) is 0.281. The molecule has 0 aliphatic rings. The van der Waals surface area contributed by atoms with Gasteiger partial charge < -0.3 is 0 Å². The number of H-pyrrole nitrogens is 1. The quantitative estimate of drug-likeness (QED) is 0.494. The molecule has 2 aromatic rings. The van der Waals surface area contributed by atoms with Crippen LogP contribution in [0.5, 0.6) is 0 Å². The fraction of sp³-hybridized carbons (Fsp3) is 0. The van der Waals surface area contributed by atoms with Crippen molar-refractivity contribution in [1.82, 2.24) is 25.3 Å². The smallest absolute Gasteiger partial charge is 0.127 e. The van der Waals surface area contributed by atoms with Gasteiger partial charge in [0.25, 0.3) is 0 Å². The van der Waals surface area contributed by atoms with Gasteiger partial charge >= 0.3 is 0 Å². The molecular formula is C3H3N5. The first-order valence-electron chi connectivity index (χ1n) is 2.16. The maximum Gasteiger partial charge on any atom is 0.127 e. The molecule has 8 heavy (non-hydrogen) atoms. The maximum absolute atomic E-state index is 3.70. The summed E-state index contributed by atoms with van der Waals surface area (Å²) < 4.78 is 1.49. The van der Waals surface area contributed by atoms with Gasteiger partial charge in [-0.3, -0.25) is 0 Å². The van der Waals surface area contributed by atoms with Gasteiger partial charge in [-0.2, -0.15) is 10.3 Å². The third-order valence-corrected chi connectivity index (χ3v) is 0.925. The van der Waals surface area contributed by atoms with Gasteiger partial charge in [0.1, 0.15) is 5.52 Å². The van der Waals surface area contributed by atoms with E-state index < -0.39 is 0 Å². The van der Waals surface area contributed by atoms with E-state index in [4.69, 9.17) is 0 Å². The van der Waals surface area contributed by atoms with E-state index in [2.05, 4.69) is 20.6 Å². The number of aromatic amines is 1. The average Bonchev–Trinajstić information content (AvgIpc) is 2.15. The van der Waals surface area contributed by atoms with Crippen molar-refractivity contribution in [2.75, 3.05) is 0 Å². The number of aromatic nitrogens is 5. The summed E-state index contributed by atoms with van der Waals surface area (Å²) in [5.74, 6) is 0. The van der Waals surface area contributed by atoms with Crippen molar-refractivity contribution >= 4 is 5.52 Å². The molecule has 0 aliphatic heterocycles. The zero-order valence-electron chi connectivity index (χ0n) is 3.94. The highest BCUT2D eigenvalue weighted by Gasteiger charge is 1.90. The van der Waals surface area contributed by atoms with Crippen LogP contribution in [0.2, 0.25) is 0 Å². The second kappa shape index (κ2) is 1.06. The molecule has 0 saturated heterocycles. The molecule has 0 fully saturated rings. The van der Waals surface area contributed by atoms with Crippen LogP contribution in [0.25, 0.3) is 5.52 Å². The number of nitrogens with zero attached hydrogens (tertiary/aromatic N) is 4. The van der Waals surface area contributed by atoms with Gasteiger partial charge in [0.2, 0.25) is 0 Å². The molecule has 0 aliphatic carbocycles. The van der Waals surface area contributed by atoms with Crippen LogP contribution in [0, 0.1) is 0 Å². The third-order valence-electron chi connectivity index (χ3n) is 0.925. The van der Waals surface area contributed by atoms with E-state index in [1.54, 1.807) is 12.4 Å². The Balaban J connectivity index is 3.06. The van der Waals surface area contributed by atoms with Crippen LogP contribution < -0.4 is 0 Å². The molecule has 1 N–H and O–H groups in total. The van der Waals surface area contributed by atoms with Crippen molar-refractivity contribution in [1.29, 1.82) is 0 Å². The number of hydrogen-bond donors (Lipinski definition) is 1. The summed E-state index contributed by atoms with van der Waals surface area (Å²) in [6.45, 7) is 0. The van der Waals surface area contributed by atoms with E-state index in [-0.39, 0.29) is 0 Å². The molecule has 40 valence electrons. The Morgan fingerprint density at radius 2 is 2.50 bits per heavy atom.